The van der Waals surface area contributed by atoms with E-state index in [-0.39, 0.29) is 23.5 Å². The molecule has 1 aromatic carbocycles. The lowest BCUT2D eigenvalue weighted by Gasteiger charge is -2.13. The van der Waals surface area contributed by atoms with Crippen molar-refractivity contribution in [3.8, 4) is 0 Å². The van der Waals surface area contributed by atoms with Crippen LogP contribution in [0.1, 0.15) is 41.6 Å². The van der Waals surface area contributed by atoms with Crippen LogP contribution in [0.2, 0.25) is 0 Å². The predicted octanol–water partition coefficient (Wildman–Crippen LogP) is 3.55. The number of halogens is 1. The quantitative estimate of drug-likeness (QED) is 0.677. The molecule has 102 valence electrons. The van der Waals surface area contributed by atoms with E-state index >= 15 is 0 Å². The smallest absolute Gasteiger partial charge is 0.227 e. The zero-order valence-electron chi connectivity index (χ0n) is 11.0. The maximum absolute atomic E-state index is 12.0. The first kappa shape index (κ1) is 14.1. The molecule has 1 aliphatic rings. The molecule has 0 spiro atoms. The van der Waals surface area contributed by atoms with Gasteiger partial charge in [0, 0.05) is 17.2 Å². The number of alkyl halides is 1. The van der Waals surface area contributed by atoms with E-state index in [0.717, 1.165) is 36.9 Å². The Labute approximate surface area is 118 Å². The van der Waals surface area contributed by atoms with Gasteiger partial charge in [-0.25, -0.2) is 0 Å². The van der Waals surface area contributed by atoms with Crippen molar-refractivity contribution >= 4 is 29.0 Å². The number of aryl methyl sites for hydroxylation is 1. The van der Waals surface area contributed by atoms with E-state index in [1.54, 1.807) is 18.2 Å². The first-order valence-electron chi connectivity index (χ1n) is 6.62. The van der Waals surface area contributed by atoms with Crippen LogP contribution in [0.5, 0.6) is 0 Å². The van der Waals surface area contributed by atoms with E-state index < -0.39 is 0 Å². The molecule has 1 aromatic rings. The van der Waals surface area contributed by atoms with Crippen LogP contribution in [0.3, 0.4) is 0 Å². The van der Waals surface area contributed by atoms with E-state index in [2.05, 4.69) is 5.32 Å². The van der Waals surface area contributed by atoms with Gasteiger partial charge in [-0.2, -0.15) is 0 Å². The summed E-state index contributed by atoms with van der Waals surface area (Å²) in [4.78, 5) is 23.5. The summed E-state index contributed by atoms with van der Waals surface area (Å²) in [7, 11) is 0. The topological polar surface area (TPSA) is 46.2 Å². The van der Waals surface area contributed by atoms with Gasteiger partial charge in [0.25, 0.3) is 0 Å². The fourth-order valence-corrected chi connectivity index (χ4v) is 2.63. The number of rotatable bonds is 4. The molecular formula is C15H18ClNO2. The Morgan fingerprint density at radius 1 is 1.32 bits per heavy atom. The molecule has 0 heterocycles. The van der Waals surface area contributed by atoms with Gasteiger partial charge in [0.05, 0.1) is 5.88 Å². The third-order valence-electron chi connectivity index (χ3n) is 3.65. The van der Waals surface area contributed by atoms with Gasteiger partial charge >= 0.3 is 0 Å². The number of anilines is 1. The standard InChI is InChI=1S/C15H18ClNO2/c1-10-8-12(14(18)9-16)6-7-13(10)17-15(19)11-4-2-3-5-11/h6-8,11H,2-5,9H2,1H3,(H,17,19). The molecule has 1 N–H and O–H groups in total. The third-order valence-corrected chi connectivity index (χ3v) is 3.90. The molecule has 19 heavy (non-hydrogen) atoms. The van der Waals surface area contributed by atoms with Gasteiger partial charge in [-0.15, -0.1) is 11.6 Å². The van der Waals surface area contributed by atoms with Crippen molar-refractivity contribution in [3.63, 3.8) is 0 Å². The first-order chi connectivity index (χ1) is 9.11. The highest BCUT2D eigenvalue weighted by atomic mass is 35.5. The van der Waals surface area contributed by atoms with Gasteiger partial charge in [-0.1, -0.05) is 12.8 Å². The van der Waals surface area contributed by atoms with E-state index in [1.807, 2.05) is 6.92 Å². The molecule has 0 unspecified atom stereocenters. The van der Waals surface area contributed by atoms with Crippen LogP contribution in [0.15, 0.2) is 18.2 Å². The zero-order valence-corrected chi connectivity index (χ0v) is 11.8. The minimum Gasteiger partial charge on any atom is -0.326 e. The number of Topliss-reactive ketones (excluding diaryl/α,β-unsaturated/α-hetero) is 1. The number of hydrogen-bond donors (Lipinski definition) is 1. The van der Waals surface area contributed by atoms with Gasteiger partial charge in [-0.3, -0.25) is 9.59 Å². The molecule has 0 radical (unpaired) electrons. The van der Waals surface area contributed by atoms with Crippen molar-refractivity contribution in [2.45, 2.75) is 32.6 Å². The summed E-state index contributed by atoms with van der Waals surface area (Å²) in [5.74, 6) is 0.117. The molecule has 0 aliphatic heterocycles. The molecule has 0 saturated heterocycles. The summed E-state index contributed by atoms with van der Waals surface area (Å²) >= 11 is 5.53. The predicted molar refractivity (Wildman–Crippen MR) is 76.8 cm³/mol. The summed E-state index contributed by atoms with van der Waals surface area (Å²) in [6.07, 6.45) is 4.24. The molecular weight excluding hydrogens is 262 g/mol. The highest BCUT2D eigenvalue weighted by Gasteiger charge is 2.23. The Balaban J connectivity index is 2.08. The monoisotopic (exact) mass is 279 g/mol. The van der Waals surface area contributed by atoms with Crippen LogP contribution in [-0.2, 0) is 4.79 Å². The van der Waals surface area contributed by atoms with Gasteiger partial charge in [0.1, 0.15) is 0 Å². The third kappa shape index (κ3) is 3.35. The molecule has 1 amide bonds. The van der Waals surface area contributed by atoms with Crippen molar-refractivity contribution in [1.82, 2.24) is 0 Å². The minimum absolute atomic E-state index is 0.0206. The van der Waals surface area contributed by atoms with Gasteiger partial charge < -0.3 is 5.32 Å². The molecule has 4 heteroatoms. The van der Waals surface area contributed by atoms with E-state index in [0.29, 0.717) is 5.56 Å². The first-order valence-corrected chi connectivity index (χ1v) is 7.16. The van der Waals surface area contributed by atoms with Crippen molar-refractivity contribution in [1.29, 1.82) is 0 Å². The molecule has 3 nitrogen and oxygen atoms in total. The second-order valence-corrected chi connectivity index (χ2v) is 5.32. The second kappa shape index (κ2) is 6.20. The number of carbonyl (C=O) groups is 2. The van der Waals surface area contributed by atoms with Gasteiger partial charge in [0.15, 0.2) is 5.78 Å². The molecule has 2 rings (SSSR count). The average molecular weight is 280 g/mol. The molecule has 0 atom stereocenters. The maximum atomic E-state index is 12.0. The molecule has 1 fully saturated rings. The number of benzene rings is 1. The summed E-state index contributed by atoms with van der Waals surface area (Å²) in [6, 6.07) is 5.26. The highest BCUT2D eigenvalue weighted by molar-refractivity contribution is 6.30. The van der Waals surface area contributed by atoms with Crippen molar-refractivity contribution < 1.29 is 9.59 Å². The van der Waals surface area contributed by atoms with Gasteiger partial charge in [-0.05, 0) is 43.5 Å². The maximum Gasteiger partial charge on any atom is 0.227 e. The Morgan fingerprint density at radius 3 is 2.58 bits per heavy atom. The summed E-state index contributed by atoms with van der Waals surface area (Å²) in [5, 5.41) is 2.95. The SMILES string of the molecule is Cc1cc(C(=O)CCl)ccc1NC(=O)C1CCCC1. The average Bonchev–Trinajstić information content (AvgIpc) is 2.94. The Morgan fingerprint density at radius 2 is 2.00 bits per heavy atom. The van der Waals surface area contributed by atoms with E-state index in [9.17, 15) is 9.59 Å². The molecule has 0 aromatic heterocycles. The Kier molecular flexibility index (Phi) is 4.59. The van der Waals surface area contributed by atoms with E-state index in [1.165, 1.54) is 0 Å². The Bertz CT molecular complexity index is 493. The molecule has 1 saturated carbocycles. The van der Waals surface area contributed by atoms with Crippen LogP contribution in [0.4, 0.5) is 5.69 Å². The van der Waals surface area contributed by atoms with Crippen LogP contribution < -0.4 is 5.32 Å². The number of hydrogen-bond acceptors (Lipinski definition) is 2. The van der Waals surface area contributed by atoms with Crippen molar-refractivity contribution in [3.05, 3.63) is 29.3 Å². The fourth-order valence-electron chi connectivity index (χ4n) is 2.48. The van der Waals surface area contributed by atoms with Crippen LogP contribution in [-0.4, -0.2) is 17.6 Å². The largest absolute Gasteiger partial charge is 0.326 e. The lowest BCUT2D eigenvalue weighted by molar-refractivity contribution is -0.119. The van der Waals surface area contributed by atoms with E-state index in [4.69, 9.17) is 11.6 Å². The summed E-state index contributed by atoms with van der Waals surface area (Å²) in [6.45, 7) is 1.88. The number of nitrogens with one attached hydrogen (secondary N) is 1. The normalized spacial score (nSPS) is 15.5. The minimum atomic E-state index is -0.0987. The molecule has 1 aliphatic carbocycles. The number of amides is 1. The fraction of sp³-hybridized carbons (Fsp3) is 0.467. The zero-order chi connectivity index (χ0) is 13.8. The Hall–Kier alpha value is -1.35. The van der Waals surface area contributed by atoms with Crippen molar-refractivity contribution in [2.75, 3.05) is 11.2 Å². The van der Waals surface area contributed by atoms with Crippen LogP contribution >= 0.6 is 11.6 Å². The summed E-state index contributed by atoms with van der Waals surface area (Å²) < 4.78 is 0. The van der Waals surface area contributed by atoms with Crippen LogP contribution in [0, 0.1) is 12.8 Å². The lowest BCUT2D eigenvalue weighted by atomic mass is 10.0. The molecule has 0 bridgehead atoms. The van der Waals surface area contributed by atoms with Crippen molar-refractivity contribution in [2.24, 2.45) is 5.92 Å². The number of carbonyl (C=O) groups excluding carboxylic acids is 2. The number of ketones is 1. The lowest BCUT2D eigenvalue weighted by Crippen LogP contribution is -2.20. The summed E-state index contributed by atoms with van der Waals surface area (Å²) in [5.41, 5.74) is 2.26. The van der Waals surface area contributed by atoms with Gasteiger partial charge in [0.2, 0.25) is 5.91 Å². The second-order valence-electron chi connectivity index (χ2n) is 5.06. The highest BCUT2D eigenvalue weighted by Crippen LogP contribution is 2.27. The van der Waals surface area contributed by atoms with Crippen LogP contribution in [0.25, 0.3) is 0 Å².